The topological polar surface area (TPSA) is 26.0 Å². The van der Waals surface area contributed by atoms with E-state index in [1.807, 2.05) is 31.2 Å². The van der Waals surface area contributed by atoms with E-state index in [9.17, 15) is 0 Å². The zero-order valence-corrected chi connectivity index (χ0v) is 7.96. The highest BCUT2D eigenvalue weighted by Gasteiger charge is 1.99. The molecule has 1 heteroatoms. The molecule has 0 aromatic rings. The molecule has 0 unspecified atom stereocenters. The maximum atomic E-state index is 5.62. The van der Waals surface area contributed by atoms with Crippen LogP contribution in [-0.2, 0) is 0 Å². The molecule has 0 heterocycles. The highest BCUT2D eigenvalue weighted by Crippen LogP contribution is 2.19. The molecule has 0 aromatic carbocycles. The van der Waals surface area contributed by atoms with Gasteiger partial charge in [-0.2, -0.15) is 0 Å². The van der Waals surface area contributed by atoms with Crippen molar-refractivity contribution in [3.63, 3.8) is 0 Å². The molecule has 1 aliphatic rings. The van der Waals surface area contributed by atoms with Crippen LogP contribution in [-0.4, -0.2) is 0 Å². The molecule has 0 fully saturated rings. The molecule has 1 nitrogen and oxygen atoms in total. The van der Waals surface area contributed by atoms with Crippen molar-refractivity contribution < 1.29 is 0 Å². The van der Waals surface area contributed by atoms with E-state index in [0.717, 1.165) is 17.7 Å². The molecular formula is C12H15N. The van der Waals surface area contributed by atoms with Gasteiger partial charge in [-0.05, 0) is 30.6 Å². The number of rotatable bonds is 3. The first kappa shape index (κ1) is 9.59. The average molecular weight is 173 g/mol. The molecule has 0 aliphatic heterocycles. The quantitative estimate of drug-likeness (QED) is 0.652. The maximum Gasteiger partial charge on any atom is 0.0270 e. The van der Waals surface area contributed by atoms with Crippen molar-refractivity contribution in [1.29, 1.82) is 0 Å². The van der Waals surface area contributed by atoms with Crippen LogP contribution in [0, 0.1) is 0 Å². The molecule has 0 radical (unpaired) electrons. The van der Waals surface area contributed by atoms with Crippen LogP contribution in [0.4, 0.5) is 0 Å². The highest BCUT2D eigenvalue weighted by atomic mass is 14.5. The average Bonchev–Trinajstić information content (AvgIpc) is 2.66. The predicted octanol–water partition coefficient (Wildman–Crippen LogP) is 2.85. The van der Waals surface area contributed by atoms with E-state index in [1.165, 1.54) is 5.57 Å². The predicted molar refractivity (Wildman–Crippen MR) is 58.1 cm³/mol. The Labute approximate surface area is 79.6 Å². The molecule has 0 atom stereocenters. The van der Waals surface area contributed by atoms with Gasteiger partial charge in [0.2, 0.25) is 0 Å². The van der Waals surface area contributed by atoms with Gasteiger partial charge in [-0.25, -0.2) is 0 Å². The van der Waals surface area contributed by atoms with E-state index in [0.29, 0.717) is 0 Å². The van der Waals surface area contributed by atoms with Crippen molar-refractivity contribution in [2.45, 2.75) is 13.3 Å². The van der Waals surface area contributed by atoms with Crippen LogP contribution in [0.2, 0.25) is 0 Å². The largest absolute Gasteiger partial charge is 0.399 e. The van der Waals surface area contributed by atoms with Gasteiger partial charge < -0.3 is 5.73 Å². The van der Waals surface area contributed by atoms with Gasteiger partial charge in [-0.1, -0.05) is 37.0 Å². The van der Waals surface area contributed by atoms with Crippen LogP contribution >= 0.6 is 0 Å². The van der Waals surface area contributed by atoms with Gasteiger partial charge in [0, 0.05) is 5.70 Å². The summed E-state index contributed by atoms with van der Waals surface area (Å²) in [5, 5.41) is 0. The Morgan fingerprint density at radius 3 is 2.85 bits per heavy atom. The third-order valence-corrected chi connectivity index (χ3v) is 1.99. The number of hydrogen-bond acceptors (Lipinski definition) is 1. The minimum absolute atomic E-state index is 0.771. The van der Waals surface area contributed by atoms with Crippen LogP contribution < -0.4 is 5.73 Å². The first-order valence-corrected chi connectivity index (χ1v) is 4.39. The lowest BCUT2D eigenvalue weighted by molar-refractivity contribution is 1.29. The smallest absolute Gasteiger partial charge is 0.0270 e. The van der Waals surface area contributed by atoms with Gasteiger partial charge in [-0.15, -0.1) is 0 Å². The van der Waals surface area contributed by atoms with Crippen molar-refractivity contribution in [3.05, 3.63) is 59.9 Å². The Hall–Kier alpha value is -1.50. The van der Waals surface area contributed by atoms with Crippen LogP contribution in [0.1, 0.15) is 13.3 Å². The van der Waals surface area contributed by atoms with Crippen LogP contribution in [0.15, 0.2) is 59.9 Å². The second-order valence-electron chi connectivity index (χ2n) is 2.97. The third kappa shape index (κ3) is 2.79. The summed E-state index contributed by atoms with van der Waals surface area (Å²) in [6.45, 7) is 5.88. The maximum absolute atomic E-state index is 5.62. The summed E-state index contributed by atoms with van der Waals surface area (Å²) in [7, 11) is 0. The molecule has 0 aromatic heterocycles. The van der Waals surface area contributed by atoms with Crippen molar-refractivity contribution in [3.8, 4) is 0 Å². The minimum atomic E-state index is 0.771. The van der Waals surface area contributed by atoms with E-state index in [1.54, 1.807) is 0 Å². The lowest BCUT2D eigenvalue weighted by Crippen LogP contribution is -1.91. The molecule has 0 bridgehead atoms. The summed E-state index contributed by atoms with van der Waals surface area (Å²) >= 11 is 0. The second kappa shape index (κ2) is 4.51. The van der Waals surface area contributed by atoms with Gasteiger partial charge in [0.05, 0.1) is 0 Å². The number of allylic oxidation sites excluding steroid dienone is 8. The van der Waals surface area contributed by atoms with Crippen LogP contribution in [0.25, 0.3) is 0 Å². The molecule has 0 amide bonds. The zero-order valence-electron chi connectivity index (χ0n) is 7.96. The van der Waals surface area contributed by atoms with Gasteiger partial charge in [0.1, 0.15) is 0 Å². The lowest BCUT2D eigenvalue weighted by Gasteiger charge is -1.99. The van der Waals surface area contributed by atoms with E-state index in [2.05, 4.69) is 18.7 Å². The molecule has 0 saturated carbocycles. The molecule has 68 valence electrons. The van der Waals surface area contributed by atoms with Gasteiger partial charge in [0.25, 0.3) is 0 Å². The van der Waals surface area contributed by atoms with E-state index in [-0.39, 0.29) is 0 Å². The standard InChI is InChI=1S/C12H15N/c1-3-12(13)9-8-10(2)11-6-4-5-7-11/h3-6,8-9H,2,7,13H2,1H3/b9-8-,12-3+. The van der Waals surface area contributed by atoms with Crippen molar-refractivity contribution in [2.75, 3.05) is 0 Å². The van der Waals surface area contributed by atoms with E-state index in [4.69, 9.17) is 5.73 Å². The second-order valence-corrected chi connectivity index (χ2v) is 2.97. The van der Waals surface area contributed by atoms with E-state index >= 15 is 0 Å². The summed E-state index contributed by atoms with van der Waals surface area (Å²) in [5.41, 5.74) is 8.69. The Balaban J connectivity index is 2.56. The minimum Gasteiger partial charge on any atom is -0.399 e. The molecule has 1 aliphatic carbocycles. The lowest BCUT2D eigenvalue weighted by atomic mass is 10.1. The Bertz CT molecular complexity index is 314. The summed E-state index contributed by atoms with van der Waals surface area (Å²) in [4.78, 5) is 0. The fraction of sp³-hybridized carbons (Fsp3) is 0.167. The molecular weight excluding hydrogens is 158 g/mol. The van der Waals surface area contributed by atoms with Crippen molar-refractivity contribution in [2.24, 2.45) is 5.73 Å². The Morgan fingerprint density at radius 2 is 2.31 bits per heavy atom. The zero-order chi connectivity index (χ0) is 9.68. The number of nitrogens with two attached hydrogens (primary N) is 1. The fourth-order valence-corrected chi connectivity index (χ4v) is 1.09. The molecule has 1 rings (SSSR count). The molecule has 0 saturated heterocycles. The number of hydrogen-bond donors (Lipinski definition) is 1. The first-order valence-electron chi connectivity index (χ1n) is 4.39. The fourth-order valence-electron chi connectivity index (χ4n) is 1.09. The summed E-state index contributed by atoms with van der Waals surface area (Å²) in [6, 6.07) is 0. The Morgan fingerprint density at radius 1 is 1.54 bits per heavy atom. The Kier molecular flexibility index (Phi) is 3.32. The van der Waals surface area contributed by atoms with Gasteiger partial charge in [0.15, 0.2) is 0 Å². The first-order chi connectivity index (χ1) is 6.24. The van der Waals surface area contributed by atoms with Crippen molar-refractivity contribution >= 4 is 0 Å². The van der Waals surface area contributed by atoms with Gasteiger partial charge in [-0.3, -0.25) is 0 Å². The summed E-state index contributed by atoms with van der Waals surface area (Å²) < 4.78 is 0. The molecule has 2 N–H and O–H groups in total. The van der Waals surface area contributed by atoms with E-state index < -0.39 is 0 Å². The summed E-state index contributed by atoms with van der Waals surface area (Å²) in [5.74, 6) is 0. The van der Waals surface area contributed by atoms with Crippen LogP contribution in [0.5, 0.6) is 0 Å². The third-order valence-electron chi connectivity index (χ3n) is 1.99. The van der Waals surface area contributed by atoms with Crippen molar-refractivity contribution in [1.82, 2.24) is 0 Å². The highest BCUT2D eigenvalue weighted by molar-refractivity contribution is 5.44. The SMILES string of the molecule is C=C(/C=C\C(N)=C/C)C1=CC=CC1. The summed E-state index contributed by atoms with van der Waals surface area (Å²) in [6.07, 6.45) is 12.9. The molecule has 13 heavy (non-hydrogen) atoms. The monoisotopic (exact) mass is 173 g/mol. The van der Waals surface area contributed by atoms with Crippen LogP contribution in [0.3, 0.4) is 0 Å². The molecule has 0 spiro atoms. The van der Waals surface area contributed by atoms with Gasteiger partial charge >= 0.3 is 0 Å². The normalized spacial score (nSPS) is 16.7.